The summed E-state index contributed by atoms with van der Waals surface area (Å²) in [6, 6.07) is 0. The molecule has 1 aromatic heterocycles. The van der Waals surface area contributed by atoms with Crippen LogP contribution in [0.1, 0.15) is 32.0 Å². The Hall–Kier alpha value is -1.71. The van der Waals surface area contributed by atoms with Crippen molar-refractivity contribution in [3.63, 3.8) is 0 Å². The molecule has 0 fully saturated rings. The summed E-state index contributed by atoms with van der Waals surface area (Å²) in [4.78, 5) is 14.9. The van der Waals surface area contributed by atoms with Gasteiger partial charge >= 0.3 is 0 Å². The lowest BCUT2D eigenvalue weighted by Crippen LogP contribution is -2.25. The monoisotopic (exact) mass is 246 g/mol. The van der Waals surface area contributed by atoms with Crippen LogP contribution in [0, 0.1) is 0 Å². The van der Waals surface area contributed by atoms with Crippen molar-refractivity contribution in [1.29, 1.82) is 0 Å². The number of aromatic nitrogens is 3. The average Bonchev–Trinajstić information content (AvgIpc) is 2.39. The smallest absolute Gasteiger partial charge is 0.229 e. The summed E-state index contributed by atoms with van der Waals surface area (Å²) in [5.74, 6) is 1.57. The van der Waals surface area contributed by atoms with Crippen molar-refractivity contribution in [2.24, 2.45) is 0 Å². The highest BCUT2D eigenvalue weighted by Gasteiger charge is 2.07. The third-order valence-electron chi connectivity index (χ3n) is 2.59. The molecule has 0 radical (unpaired) electrons. The van der Waals surface area contributed by atoms with Crippen LogP contribution in [0.2, 0.25) is 0 Å². The number of unbranched alkanes of at least 4 members (excludes halogenated alkanes) is 2. The molecule has 0 unspecified atom stereocenters. The number of rotatable bonds is 9. The highest BCUT2D eigenvalue weighted by Crippen LogP contribution is 2.08. The van der Waals surface area contributed by atoms with Gasteiger partial charge in [0, 0.05) is 19.5 Å². The zero-order valence-corrected chi connectivity index (χ0v) is 11.2. The molecule has 0 saturated heterocycles. The van der Waals surface area contributed by atoms with Crippen LogP contribution < -0.4 is 4.90 Å². The molecule has 0 N–H and O–H groups in total. The minimum absolute atomic E-state index is 0.705. The number of aryl methyl sites for hydroxylation is 1. The quantitative estimate of drug-likeness (QED) is 0.496. The highest BCUT2D eigenvalue weighted by molar-refractivity contribution is 5.31. The van der Waals surface area contributed by atoms with E-state index in [2.05, 4.69) is 35.0 Å². The Morgan fingerprint density at radius 2 is 1.89 bits per heavy atom. The van der Waals surface area contributed by atoms with Gasteiger partial charge in [-0.15, -0.1) is 13.2 Å². The molecule has 1 heterocycles. The molecule has 4 nitrogen and oxygen atoms in total. The van der Waals surface area contributed by atoms with Crippen LogP contribution in [0.4, 0.5) is 5.95 Å². The molecular weight excluding hydrogens is 224 g/mol. The summed E-state index contributed by atoms with van der Waals surface area (Å²) in [5.41, 5.74) is 0. The molecule has 0 saturated carbocycles. The summed E-state index contributed by atoms with van der Waals surface area (Å²) in [7, 11) is 0. The van der Waals surface area contributed by atoms with E-state index in [0.29, 0.717) is 19.0 Å². The van der Waals surface area contributed by atoms with Crippen LogP contribution in [0.5, 0.6) is 0 Å². The van der Waals surface area contributed by atoms with Crippen LogP contribution in [-0.4, -0.2) is 28.0 Å². The van der Waals surface area contributed by atoms with E-state index in [1.54, 1.807) is 6.33 Å². The van der Waals surface area contributed by atoms with Crippen molar-refractivity contribution in [3.8, 4) is 0 Å². The van der Waals surface area contributed by atoms with Crippen molar-refractivity contribution >= 4 is 5.95 Å². The molecule has 18 heavy (non-hydrogen) atoms. The number of anilines is 1. The van der Waals surface area contributed by atoms with E-state index in [4.69, 9.17) is 0 Å². The van der Waals surface area contributed by atoms with E-state index >= 15 is 0 Å². The first kappa shape index (κ1) is 14.4. The first-order chi connectivity index (χ1) is 8.81. The molecule has 0 aliphatic heterocycles. The fourth-order valence-corrected chi connectivity index (χ4v) is 1.68. The molecule has 1 rings (SSSR count). The Kier molecular flexibility index (Phi) is 6.69. The van der Waals surface area contributed by atoms with Gasteiger partial charge in [-0.05, 0) is 6.42 Å². The maximum absolute atomic E-state index is 4.49. The summed E-state index contributed by atoms with van der Waals surface area (Å²) in [6.07, 6.45) is 9.72. The van der Waals surface area contributed by atoms with Gasteiger partial charge in [-0.2, -0.15) is 4.98 Å². The second-order valence-corrected chi connectivity index (χ2v) is 4.14. The Morgan fingerprint density at radius 3 is 2.50 bits per heavy atom. The summed E-state index contributed by atoms with van der Waals surface area (Å²) in [6.45, 7) is 11.1. The minimum Gasteiger partial charge on any atom is -0.333 e. The minimum atomic E-state index is 0.705. The SMILES string of the molecule is C=CCN(CC=C)c1ncnc(CCCCC)n1. The van der Waals surface area contributed by atoms with Crippen LogP contribution in [0.25, 0.3) is 0 Å². The topological polar surface area (TPSA) is 41.9 Å². The number of hydrogen-bond donors (Lipinski definition) is 0. The zero-order valence-electron chi connectivity index (χ0n) is 11.2. The Bertz CT molecular complexity index is 366. The highest BCUT2D eigenvalue weighted by atomic mass is 15.3. The Balaban J connectivity index is 2.71. The van der Waals surface area contributed by atoms with Gasteiger partial charge in [0.2, 0.25) is 5.95 Å². The molecule has 0 spiro atoms. The molecular formula is C14H22N4. The molecule has 4 heteroatoms. The van der Waals surface area contributed by atoms with E-state index < -0.39 is 0 Å². The second-order valence-electron chi connectivity index (χ2n) is 4.14. The van der Waals surface area contributed by atoms with Crippen molar-refractivity contribution in [3.05, 3.63) is 37.5 Å². The summed E-state index contributed by atoms with van der Waals surface area (Å²) >= 11 is 0. The predicted molar refractivity (Wildman–Crippen MR) is 75.7 cm³/mol. The van der Waals surface area contributed by atoms with Gasteiger partial charge in [-0.1, -0.05) is 31.9 Å². The van der Waals surface area contributed by atoms with Crippen molar-refractivity contribution in [1.82, 2.24) is 15.0 Å². The fraction of sp³-hybridized carbons (Fsp3) is 0.500. The molecule has 0 aliphatic carbocycles. The maximum Gasteiger partial charge on any atom is 0.229 e. The third kappa shape index (κ3) is 4.65. The molecule has 0 atom stereocenters. The molecule has 0 aromatic carbocycles. The number of hydrogen-bond acceptors (Lipinski definition) is 4. The van der Waals surface area contributed by atoms with Crippen molar-refractivity contribution in [2.45, 2.75) is 32.6 Å². The van der Waals surface area contributed by atoms with E-state index in [-0.39, 0.29) is 0 Å². The lowest BCUT2D eigenvalue weighted by molar-refractivity contribution is 0.686. The standard InChI is InChI=1S/C14H22N4/c1-4-7-8-9-13-15-12-16-14(17-13)18(10-5-2)11-6-3/h5-6,12H,2-4,7-11H2,1H3. The van der Waals surface area contributed by atoms with Gasteiger partial charge in [0.1, 0.15) is 12.2 Å². The molecule has 1 aromatic rings. The molecule has 98 valence electrons. The Labute approximate surface area is 109 Å². The first-order valence-electron chi connectivity index (χ1n) is 6.46. The lowest BCUT2D eigenvalue weighted by atomic mass is 10.2. The van der Waals surface area contributed by atoms with Gasteiger partial charge in [0.05, 0.1) is 0 Å². The summed E-state index contributed by atoms with van der Waals surface area (Å²) in [5, 5.41) is 0. The summed E-state index contributed by atoms with van der Waals surface area (Å²) < 4.78 is 0. The van der Waals surface area contributed by atoms with E-state index in [0.717, 1.165) is 18.7 Å². The molecule has 0 amide bonds. The zero-order chi connectivity index (χ0) is 13.2. The van der Waals surface area contributed by atoms with Gasteiger partial charge in [-0.25, -0.2) is 9.97 Å². The van der Waals surface area contributed by atoms with Crippen LogP contribution in [-0.2, 0) is 6.42 Å². The van der Waals surface area contributed by atoms with E-state index in [1.807, 2.05) is 17.1 Å². The third-order valence-corrected chi connectivity index (χ3v) is 2.59. The molecule has 0 aliphatic rings. The Morgan fingerprint density at radius 1 is 1.17 bits per heavy atom. The van der Waals surface area contributed by atoms with Crippen LogP contribution in [0.15, 0.2) is 31.6 Å². The van der Waals surface area contributed by atoms with Crippen LogP contribution >= 0.6 is 0 Å². The maximum atomic E-state index is 4.49. The average molecular weight is 246 g/mol. The second kappa shape index (κ2) is 8.39. The van der Waals surface area contributed by atoms with Crippen molar-refractivity contribution in [2.75, 3.05) is 18.0 Å². The van der Waals surface area contributed by atoms with Gasteiger partial charge in [0.15, 0.2) is 0 Å². The van der Waals surface area contributed by atoms with Gasteiger partial charge < -0.3 is 4.90 Å². The van der Waals surface area contributed by atoms with E-state index in [9.17, 15) is 0 Å². The van der Waals surface area contributed by atoms with Gasteiger partial charge in [-0.3, -0.25) is 0 Å². The van der Waals surface area contributed by atoms with Gasteiger partial charge in [0.25, 0.3) is 0 Å². The predicted octanol–water partition coefficient (Wildman–Crippen LogP) is 2.78. The van der Waals surface area contributed by atoms with Crippen molar-refractivity contribution < 1.29 is 0 Å². The van der Waals surface area contributed by atoms with Crippen LogP contribution in [0.3, 0.4) is 0 Å². The molecule has 0 bridgehead atoms. The first-order valence-corrected chi connectivity index (χ1v) is 6.46. The number of nitrogens with zero attached hydrogens (tertiary/aromatic N) is 4. The lowest BCUT2D eigenvalue weighted by Gasteiger charge is -2.18. The fourth-order valence-electron chi connectivity index (χ4n) is 1.68. The normalized spacial score (nSPS) is 10.1. The van der Waals surface area contributed by atoms with E-state index in [1.165, 1.54) is 12.8 Å². The largest absolute Gasteiger partial charge is 0.333 e.